The van der Waals surface area contributed by atoms with Crippen molar-refractivity contribution in [1.82, 2.24) is 0 Å². The minimum Gasteiger partial charge on any atom is -0.166 e. The van der Waals surface area contributed by atoms with Gasteiger partial charge in [-0.2, -0.15) is 13.2 Å². The van der Waals surface area contributed by atoms with E-state index in [0.717, 1.165) is 0 Å². The second-order valence-electron chi connectivity index (χ2n) is 3.29. The molecule has 0 aromatic rings. The summed E-state index contributed by atoms with van der Waals surface area (Å²) in [6.07, 6.45) is -0.261. The van der Waals surface area contributed by atoms with Gasteiger partial charge in [-0.25, -0.2) is 0 Å². The van der Waals surface area contributed by atoms with Gasteiger partial charge in [0.15, 0.2) is 0 Å². The first kappa shape index (κ1) is 11.7. The molecular formula is C10H11F3N2. The lowest BCUT2D eigenvalue weighted by Gasteiger charge is -2.15. The average Bonchev–Trinajstić information content (AvgIpc) is 2.84. The smallest absolute Gasteiger partial charge is 0.166 e. The van der Waals surface area contributed by atoms with Crippen LogP contribution in [0.3, 0.4) is 0 Å². The topological polar surface area (TPSA) is 24.7 Å². The Morgan fingerprint density at radius 1 is 1.27 bits per heavy atom. The molecule has 0 bridgehead atoms. The quantitative estimate of drug-likeness (QED) is 0.641. The lowest BCUT2D eigenvalue weighted by atomic mass is 10.0. The van der Waals surface area contributed by atoms with Gasteiger partial charge in [-0.05, 0) is 13.8 Å². The summed E-state index contributed by atoms with van der Waals surface area (Å²) in [5, 5.41) is 6.21. The Balaban J connectivity index is 2.91. The molecule has 0 aliphatic carbocycles. The molecule has 0 aromatic carbocycles. The third-order valence-corrected chi connectivity index (χ3v) is 1.96. The first-order chi connectivity index (χ1) is 6.83. The van der Waals surface area contributed by atoms with Gasteiger partial charge in [0.05, 0.1) is 0 Å². The van der Waals surface area contributed by atoms with Gasteiger partial charge in [0.25, 0.3) is 0 Å². The molecule has 1 aliphatic rings. The average molecular weight is 216 g/mol. The zero-order valence-corrected chi connectivity index (χ0v) is 8.47. The summed E-state index contributed by atoms with van der Waals surface area (Å²) in [6.45, 7) is 6.79. The minimum absolute atomic E-state index is 0.0259. The molecule has 0 fully saturated rings. The van der Waals surface area contributed by atoms with Crippen molar-refractivity contribution in [3.05, 3.63) is 36.0 Å². The molecule has 2 nitrogen and oxygen atoms in total. The third kappa shape index (κ3) is 2.16. The van der Waals surface area contributed by atoms with E-state index in [2.05, 4.69) is 16.8 Å². The lowest BCUT2D eigenvalue weighted by molar-refractivity contribution is -0.153. The molecule has 82 valence electrons. The third-order valence-electron chi connectivity index (χ3n) is 1.96. The van der Waals surface area contributed by atoms with E-state index in [1.54, 1.807) is 6.92 Å². The van der Waals surface area contributed by atoms with E-state index in [1.807, 2.05) is 0 Å². The Kier molecular flexibility index (Phi) is 2.83. The highest BCUT2D eigenvalue weighted by atomic mass is 19.4. The highest BCUT2D eigenvalue weighted by Crippen LogP contribution is 2.49. The fourth-order valence-electron chi connectivity index (χ4n) is 1.09. The summed E-state index contributed by atoms with van der Waals surface area (Å²) in [5.41, 5.74) is -1.63. The van der Waals surface area contributed by atoms with Crippen LogP contribution in [-0.2, 0) is 0 Å². The molecule has 0 unspecified atom stereocenters. The SMILES string of the molecule is C=C(C)/C=C\C(=C/C)C1(C(F)(F)F)N=N1. The first-order valence-corrected chi connectivity index (χ1v) is 4.34. The van der Waals surface area contributed by atoms with Crippen LogP contribution in [0.15, 0.2) is 46.2 Å². The molecule has 0 amide bonds. The first-order valence-electron chi connectivity index (χ1n) is 4.34. The Morgan fingerprint density at radius 3 is 2.07 bits per heavy atom. The van der Waals surface area contributed by atoms with Crippen LogP contribution in [-0.4, -0.2) is 11.8 Å². The molecule has 0 N–H and O–H groups in total. The zero-order chi connectivity index (χ0) is 11.7. The summed E-state index contributed by atoms with van der Waals surface area (Å²) in [6, 6.07) is 0. The fourth-order valence-corrected chi connectivity index (χ4v) is 1.09. The summed E-state index contributed by atoms with van der Waals surface area (Å²) >= 11 is 0. The molecule has 1 heterocycles. The molecule has 0 saturated heterocycles. The van der Waals surface area contributed by atoms with Crippen molar-refractivity contribution < 1.29 is 13.2 Å². The van der Waals surface area contributed by atoms with Crippen LogP contribution in [0.2, 0.25) is 0 Å². The predicted octanol–water partition coefficient (Wildman–Crippen LogP) is 3.79. The van der Waals surface area contributed by atoms with Crippen molar-refractivity contribution in [1.29, 1.82) is 0 Å². The fraction of sp³-hybridized carbons (Fsp3) is 0.400. The zero-order valence-electron chi connectivity index (χ0n) is 8.47. The van der Waals surface area contributed by atoms with Crippen molar-refractivity contribution in [2.24, 2.45) is 10.2 Å². The number of hydrogen-bond acceptors (Lipinski definition) is 2. The maximum Gasteiger partial charge on any atom is 0.442 e. The van der Waals surface area contributed by atoms with Gasteiger partial charge in [0.2, 0.25) is 0 Å². The van der Waals surface area contributed by atoms with Crippen LogP contribution in [0.5, 0.6) is 0 Å². The van der Waals surface area contributed by atoms with E-state index in [9.17, 15) is 13.2 Å². The second-order valence-corrected chi connectivity index (χ2v) is 3.29. The maximum atomic E-state index is 12.6. The number of hydrogen-bond donors (Lipinski definition) is 0. The van der Waals surface area contributed by atoms with Gasteiger partial charge in [0, 0.05) is 5.57 Å². The van der Waals surface area contributed by atoms with Crippen molar-refractivity contribution in [2.45, 2.75) is 25.7 Å². The standard InChI is InChI=1S/C10H11F3N2/c1-4-8(6-5-7(2)3)9(14-15-9)10(11,12)13/h4-6H,2H2,1,3H3/b6-5-,8-4+. The molecule has 0 saturated carbocycles. The largest absolute Gasteiger partial charge is 0.442 e. The summed E-state index contributed by atoms with van der Waals surface area (Å²) in [5.74, 6) is 0. The van der Waals surface area contributed by atoms with Crippen LogP contribution in [0.25, 0.3) is 0 Å². The van der Waals surface area contributed by atoms with Gasteiger partial charge < -0.3 is 0 Å². The Labute approximate surface area is 85.9 Å². The van der Waals surface area contributed by atoms with Crippen molar-refractivity contribution >= 4 is 0 Å². The van der Waals surface area contributed by atoms with Gasteiger partial charge >= 0.3 is 11.8 Å². The van der Waals surface area contributed by atoms with Crippen molar-refractivity contribution in [2.75, 3.05) is 0 Å². The Morgan fingerprint density at radius 2 is 1.80 bits per heavy atom. The maximum absolute atomic E-state index is 12.6. The van der Waals surface area contributed by atoms with Crippen molar-refractivity contribution in [3.63, 3.8) is 0 Å². The van der Waals surface area contributed by atoms with E-state index in [0.29, 0.717) is 5.57 Å². The number of nitrogens with zero attached hydrogens (tertiary/aromatic N) is 2. The number of halogens is 3. The highest BCUT2D eigenvalue weighted by molar-refractivity contribution is 5.38. The molecule has 0 aromatic heterocycles. The van der Waals surface area contributed by atoms with Crippen LogP contribution < -0.4 is 0 Å². The Bertz CT molecular complexity index is 355. The second kappa shape index (κ2) is 3.64. The Hall–Kier alpha value is -1.39. The van der Waals surface area contributed by atoms with Gasteiger partial charge in [-0.1, -0.05) is 30.4 Å². The minimum atomic E-state index is -4.46. The van der Waals surface area contributed by atoms with Crippen LogP contribution in [0, 0.1) is 0 Å². The molecular weight excluding hydrogens is 205 g/mol. The molecule has 1 aliphatic heterocycles. The van der Waals surface area contributed by atoms with Gasteiger partial charge in [0.1, 0.15) is 0 Å². The van der Waals surface area contributed by atoms with Crippen LogP contribution >= 0.6 is 0 Å². The molecule has 0 radical (unpaired) electrons. The van der Waals surface area contributed by atoms with E-state index in [-0.39, 0.29) is 5.57 Å². The number of rotatable bonds is 3. The summed E-state index contributed by atoms with van der Waals surface area (Å²) in [4.78, 5) is 0. The molecule has 15 heavy (non-hydrogen) atoms. The van der Waals surface area contributed by atoms with E-state index >= 15 is 0 Å². The predicted molar refractivity (Wildman–Crippen MR) is 51.4 cm³/mol. The highest BCUT2D eigenvalue weighted by Gasteiger charge is 2.65. The molecule has 0 spiro atoms. The number of allylic oxidation sites excluding steroid dienone is 3. The molecule has 0 atom stereocenters. The molecule has 1 rings (SSSR count). The van der Waals surface area contributed by atoms with E-state index < -0.39 is 11.8 Å². The van der Waals surface area contributed by atoms with Crippen molar-refractivity contribution in [3.8, 4) is 0 Å². The van der Waals surface area contributed by atoms with Gasteiger partial charge in [-0.15, -0.1) is 10.2 Å². The number of alkyl halides is 3. The van der Waals surface area contributed by atoms with Crippen LogP contribution in [0.4, 0.5) is 13.2 Å². The normalized spacial score (nSPS) is 19.7. The van der Waals surface area contributed by atoms with E-state index in [1.165, 1.54) is 25.2 Å². The molecule has 5 heteroatoms. The summed E-state index contributed by atoms with van der Waals surface area (Å²) in [7, 11) is 0. The van der Waals surface area contributed by atoms with Gasteiger partial charge in [-0.3, -0.25) is 0 Å². The van der Waals surface area contributed by atoms with Crippen LogP contribution in [0.1, 0.15) is 13.8 Å². The van der Waals surface area contributed by atoms with E-state index in [4.69, 9.17) is 0 Å². The monoisotopic (exact) mass is 216 g/mol. The summed E-state index contributed by atoms with van der Waals surface area (Å²) < 4.78 is 37.7. The lowest BCUT2D eigenvalue weighted by Crippen LogP contribution is -2.34.